The number of carbonyl (C=O) groups excluding carboxylic acids is 2. The third kappa shape index (κ3) is 4.13. The molecule has 1 atom stereocenters. The van der Waals surface area contributed by atoms with E-state index in [1.165, 1.54) is 25.1 Å². The molecule has 1 N–H and O–H groups in total. The molecule has 0 radical (unpaired) electrons. The molecule has 1 aromatic heterocycles. The lowest BCUT2D eigenvalue weighted by Crippen LogP contribution is -2.38. The zero-order valence-corrected chi connectivity index (χ0v) is 12.5. The van der Waals surface area contributed by atoms with Crippen molar-refractivity contribution in [1.29, 1.82) is 0 Å². The lowest BCUT2D eigenvalue weighted by atomic mass is 10.2. The van der Waals surface area contributed by atoms with Gasteiger partial charge in [-0.3, -0.25) is 4.79 Å². The Morgan fingerprint density at radius 1 is 1.24 bits per heavy atom. The Bertz CT molecular complexity index is 607. The van der Waals surface area contributed by atoms with Crippen LogP contribution >= 0.6 is 11.8 Å². The molecule has 2 rings (SSSR count). The van der Waals surface area contributed by atoms with Gasteiger partial charge in [0, 0.05) is 4.90 Å². The molecule has 5 nitrogen and oxygen atoms in total. The van der Waals surface area contributed by atoms with Crippen molar-refractivity contribution in [3.05, 3.63) is 54.0 Å². The summed E-state index contributed by atoms with van der Waals surface area (Å²) >= 11 is 1.23. The number of carbonyl (C=O) groups is 2. The summed E-state index contributed by atoms with van der Waals surface area (Å²) in [5.74, 6) is -0.132. The van der Waals surface area contributed by atoms with Gasteiger partial charge in [0.1, 0.15) is 5.37 Å². The standard InChI is InChI=1S/C15H15NO4S/c1-10-5-7-11(8-6-10)21-14(16-15(18)19-2)13(17)12-4-3-9-20-12/h3-9,14H,1-2H3,(H,16,18). The minimum Gasteiger partial charge on any atom is -0.461 e. The molecule has 21 heavy (non-hydrogen) atoms. The number of benzene rings is 1. The molecule has 0 saturated heterocycles. The number of hydrogen-bond donors (Lipinski definition) is 1. The van der Waals surface area contributed by atoms with E-state index in [9.17, 15) is 9.59 Å². The topological polar surface area (TPSA) is 68.5 Å². The van der Waals surface area contributed by atoms with Crippen molar-refractivity contribution in [1.82, 2.24) is 5.32 Å². The summed E-state index contributed by atoms with van der Waals surface area (Å²) in [6, 6.07) is 10.8. The number of alkyl carbamates (subject to hydrolysis) is 1. The lowest BCUT2D eigenvalue weighted by molar-refractivity contribution is 0.0943. The third-order valence-corrected chi connectivity index (χ3v) is 3.82. The molecule has 0 bridgehead atoms. The number of thioether (sulfide) groups is 1. The summed E-state index contributed by atoms with van der Waals surface area (Å²) in [7, 11) is 1.25. The number of Topliss-reactive ketones (excluding diaryl/α,β-unsaturated/α-hetero) is 1. The van der Waals surface area contributed by atoms with Crippen molar-refractivity contribution < 1.29 is 18.7 Å². The van der Waals surface area contributed by atoms with E-state index in [0.717, 1.165) is 10.5 Å². The average Bonchev–Trinajstić information content (AvgIpc) is 3.02. The number of amides is 1. The first-order chi connectivity index (χ1) is 10.1. The summed E-state index contributed by atoms with van der Waals surface area (Å²) in [6.07, 6.45) is 0.749. The maximum Gasteiger partial charge on any atom is 0.408 e. The number of ether oxygens (including phenoxy) is 1. The second-order valence-electron chi connectivity index (χ2n) is 4.29. The van der Waals surface area contributed by atoms with Crippen LogP contribution in [0.3, 0.4) is 0 Å². The van der Waals surface area contributed by atoms with Gasteiger partial charge in [0.05, 0.1) is 13.4 Å². The molecular weight excluding hydrogens is 290 g/mol. The van der Waals surface area contributed by atoms with E-state index in [1.54, 1.807) is 12.1 Å². The van der Waals surface area contributed by atoms with Crippen LogP contribution in [0.15, 0.2) is 52.0 Å². The molecule has 110 valence electrons. The van der Waals surface area contributed by atoms with Crippen LogP contribution in [0.25, 0.3) is 0 Å². The zero-order valence-electron chi connectivity index (χ0n) is 11.7. The Labute approximate surface area is 126 Å². The highest BCUT2D eigenvalue weighted by Gasteiger charge is 2.25. The number of aryl methyl sites for hydroxylation is 1. The minimum atomic E-state index is -0.814. The van der Waals surface area contributed by atoms with Crippen LogP contribution in [-0.2, 0) is 4.74 Å². The van der Waals surface area contributed by atoms with Gasteiger partial charge in [-0.05, 0) is 31.2 Å². The largest absolute Gasteiger partial charge is 0.461 e. The van der Waals surface area contributed by atoms with Gasteiger partial charge in [0.15, 0.2) is 5.76 Å². The molecule has 0 aliphatic carbocycles. The maximum absolute atomic E-state index is 12.3. The summed E-state index contributed by atoms with van der Waals surface area (Å²) in [4.78, 5) is 24.6. The van der Waals surface area contributed by atoms with E-state index < -0.39 is 11.5 Å². The van der Waals surface area contributed by atoms with Crippen molar-refractivity contribution in [3.63, 3.8) is 0 Å². The first kappa shape index (κ1) is 15.2. The van der Waals surface area contributed by atoms with Gasteiger partial charge in [-0.15, -0.1) is 0 Å². The number of rotatable bonds is 5. The van der Waals surface area contributed by atoms with Gasteiger partial charge in [0.25, 0.3) is 0 Å². The van der Waals surface area contributed by atoms with Gasteiger partial charge in [0.2, 0.25) is 5.78 Å². The Morgan fingerprint density at radius 2 is 1.95 bits per heavy atom. The van der Waals surface area contributed by atoms with Crippen LogP contribution in [-0.4, -0.2) is 24.4 Å². The van der Waals surface area contributed by atoms with Crippen molar-refractivity contribution in [2.24, 2.45) is 0 Å². The second kappa shape index (κ2) is 6.99. The fourth-order valence-corrected chi connectivity index (χ4v) is 2.56. The Balaban J connectivity index is 2.17. The Kier molecular flexibility index (Phi) is 5.05. The third-order valence-electron chi connectivity index (χ3n) is 2.71. The lowest BCUT2D eigenvalue weighted by Gasteiger charge is -2.15. The molecule has 0 fully saturated rings. The van der Waals surface area contributed by atoms with Gasteiger partial charge >= 0.3 is 6.09 Å². The average molecular weight is 305 g/mol. The normalized spacial score (nSPS) is 11.7. The quantitative estimate of drug-likeness (QED) is 0.522. The highest BCUT2D eigenvalue weighted by atomic mass is 32.2. The predicted octanol–water partition coefficient (Wildman–Crippen LogP) is 3.25. The van der Waals surface area contributed by atoms with E-state index in [1.807, 2.05) is 31.2 Å². The minimum absolute atomic E-state index is 0.191. The summed E-state index contributed by atoms with van der Waals surface area (Å²) in [5, 5.41) is 1.70. The van der Waals surface area contributed by atoms with E-state index >= 15 is 0 Å². The number of hydrogen-bond acceptors (Lipinski definition) is 5. The van der Waals surface area contributed by atoms with Crippen LogP contribution in [0.4, 0.5) is 4.79 Å². The maximum atomic E-state index is 12.3. The van der Waals surface area contributed by atoms with Crippen LogP contribution in [0, 0.1) is 6.92 Å². The molecular formula is C15H15NO4S. The van der Waals surface area contributed by atoms with Gasteiger partial charge in [-0.1, -0.05) is 29.5 Å². The molecule has 0 saturated carbocycles. The fraction of sp³-hybridized carbons (Fsp3) is 0.200. The molecule has 1 aromatic carbocycles. The molecule has 1 amide bonds. The molecule has 1 heterocycles. The van der Waals surface area contributed by atoms with Crippen LogP contribution in [0.1, 0.15) is 16.1 Å². The number of nitrogens with one attached hydrogen (secondary N) is 1. The first-order valence-electron chi connectivity index (χ1n) is 6.25. The Morgan fingerprint density at radius 3 is 2.52 bits per heavy atom. The number of methoxy groups -OCH3 is 1. The second-order valence-corrected chi connectivity index (χ2v) is 5.47. The number of ketones is 1. The molecule has 0 aliphatic rings. The van der Waals surface area contributed by atoms with Gasteiger partial charge < -0.3 is 14.5 Å². The predicted molar refractivity (Wildman–Crippen MR) is 79.4 cm³/mol. The van der Waals surface area contributed by atoms with E-state index in [-0.39, 0.29) is 11.5 Å². The van der Waals surface area contributed by atoms with Gasteiger partial charge in [-0.2, -0.15) is 0 Å². The molecule has 0 spiro atoms. The molecule has 0 aliphatic heterocycles. The molecule has 1 unspecified atom stereocenters. The zero-order chi connectivity index (χ0) is 15.2. The number of furan rings is 1. The highest BCUT2D eigenvalue weighted by Crippen LogP contribution is 2.25. The van der Waals surface area contributed by atoms with Gasteiger partial charge in [-0.25, -0.2) is 4.79 Å². The van der Waals surface area contributed by atoms with Crippen LogP contribution in [0.2, 0.25) is 0 Å². The summed E-state index contributed by atoms with van der Waals surface area (Å²) < 4.78 is 9.65. The fourth-order valence-electron chi connectivity index (χ4n) is 1.62. The van der Waals surface area contributed by atoms with Crippen molar-refractivity contribution in [2.75, 3.05) is 7.11 Å². The van der Waals surface area contributed by atoms with E-state index in [2.05, 4.69) is 10.1 Å². The van der Waals surface area contributed by atoms with Crippen molar-refractivity contribution >= 4 is 23.6 Å². The Hall–Kier alpha value is -2.21. The van der Waals surface area contributed by atoms with Crippen LogP contribution in [0.5, 0.6) is 0 Å². The summed E-state index contributed by atoms with van der Waals surface area (Å²) in [5.41, 5.74) is 1.12. The smallest absolute Gasteiger partial charge is 0.408 e. The highest BCUT2D eigenvalue weighted by molar-refractivity contribution is 8.00. The van der Waals surface area contributed by atoms with E-state index in [4.69, 9.17) is 4.42 Å². The molecule has 2 aromatic rings. The van der Waals surface area contributed by atoms with Crippen molar-refractivity contribution in [3.8, 4) is 0 Å². The summed E-state index contributed by atoms with van der Waals surface area (Å²) in [6.45, 7) is 1.98. The van der Waals surface area contributed by atoms with E-state index in [0.29, 0.717) is 0 Å². The SMILES string of the molecule is COC(=O)NC(Sc1ccc(C)cc1)C(=O)c1ccco1. The molecule has 6 heteroatoms. The van der Waals surface area contributed by atoms with Crippen molar-refractivity contribution in [2.45, 2.75) is 17.2 Å². The monoisotopic (exact) mass is 305 g/mol. The first-order valence-corrected chi connectivity index (χ1v) is 7.13. The van der Waals surface area contributed by atoms with Crippen LogP contribution < -0.4 is 5.32 Å².